The van der Waals surface area contributed by atoms with Crippen LogP contribution in [0.3, 0.4) is 0 Å². The van der Waals surface area contributed by atoms with Crippen LogP contribution in [0.2, 0.25) is 0 Å². The molecule has 16 heavy (non-hydrogen) atoms. The quantitative estimate of drug-likeness (QED) is 0.511. The van der Waals surface area contributed by atoms with Crippen molar-refractivity contribution in [3.8, 4) is 5.75 Å². The zero-order valence-electron chi connectivity index (χ0n) is 10.1. The molecule has 0 fully saturated rings. The highest BCUT2D eigenvalue weighted by Crippen LogP contribution is 2.43. The van der Waals surface area contributed by atoms with Gasteiger partial charge >= 0.3 is 0 Å². The lowest BCUT2D eigenvalue weighted by atomic mass is 10.1. The van der Waals surface area contributed by atoms with Gasteiger partial charge in [0, 0.05) is 11.6 Å². The smallest absolute Gasteiger partial charge is 0.186 e. The number of fused-ring (bicyclic) bond motifs is 1. The van der Waals surface area contributed by atoms with Crippen molar-refractivity contribution in [3.63, 3.8) is 0 Å². The van der Waals surface area contributed by atoms with Crippen LogP contribution in [0.5, 0.6) is 5.75 Å². The zero-order chi connectivity index (χ0) is 11.2. The van der Waals surface area contributed by atoms with Crippen molar-refractivity contribution in [3.05, 3.63) is 23.8 Å². The van der Waals surface area contributed by atoms with Gasteiger partial charge in [-0.1, -0.05) is 12.1 Å². The van der Waals surface area contributed by atoms with E-state index in [0.717, 1.165) is 17.0 Å². The minimum absolute atomic E-state index is 0. The third-order valence-corrected chi connectivity index (χ3v) is 2.81. The molecule has 2 rings (SSSR count). The number of rotatable bonds is 1. The normalized spacial score (nSPS) is 23.3. The van der Waals surface area contributed by atoms with Crippen molar-refractivity contribution >= 4 is 5.69 Å². The van der Waals surface area contributed by atoms with Crippen LogP contribution in [0, 0.1) is 0 Å². The number of aliphatic hydroxyl groups is 1. The lowest BCUT2D eigenvalue weighted by molar-refractivity contribution is -0.00000495. The van der Waals surface area contributed by atoms with E-state index < -0.39 is 6.10 Å². The predicted molar refractivity (Wildman–Crippen MR) is 61.1 cm³/mol. The molecule has 0 amide bonds. The standard InChI is InChI=1S/C12H18NO2.HI/c1-8-11(14)9-6-5-7-10(12(9)15-8)13(2,3)4;/h5-8,11,14H,1-4H3;1H/q+1;/p-1/t8-,11+;/m1./s1. The highest BCUT2D eigenvalue weighted by Gasteiger charge is 2.34. The van der Waals surface area contributed by atoms with Gasteiger partial charge in [-0.05, 0) is 6.92 Å². The van der Waals surface area contributed by atoms with Crippen LogP contribution in [-0.2, 0) is 0 Å². The van der Waals surface area contributed by atoms with Crippen LogP contribution >= 0.6 is 0 Å². The van der Waals surface area contributed by atoms with Crippen LogP contribution in [-0.4, -0.2) is 32.4 Å². The third kappa shape index (κ3) is 2.19. The summed E-state index contributed by atoms with van der Waals surface area (Å²) in [7, 11) is 6.27. The van der Waals surface area contributed by atoms with Gasteiger partial charge in [0.1, 0.15) is 12.2 Å². The van der Waals surface area contributed by atoms with Gasteiger partial charge in [-0.25, -0.2) is 0 Å². The number of hydrogen-bond donors (Lipinski definition) is 1. The summed E-state index contributed by atoms with van der Waals surface area (Å²) in [6.07, 6.45) is -0.640. The number of halogens is 1. The van der Waals surface area contributed by atoms with Gasteiger partial charge in [0.05, 0.1) is 21.1 Å². The Morgan fingerprint density at radius 2 is 1.88 bits per heavy atom. The summed E-state index contributed by atoms with van der Waals surface area (Å²) in [6.45, 7) is 1.89. The number of hydrogen-bond acceptors (Lipinski definition) is 2. The Balaban J connectivity index is 0.00000128. The Morgan fingerprint density at radius 1 is 1.25 bits per heavy atom. The average Bonchev–Trinajstić information content (AvgIpc) is 2.41. The molecule has 0 aromatic heterocycles. The second-order valence-electron chi connectivity index (χ2n) is 4.98. The van der Waals surface area contributed by atoms with Gasteiger partial charge in [-0.15, -0.1) is 0 Å². The summed E-state index contributed by atoms with van der Waals surface area (Å²) >= 11 is 0. The topological polar surface area (TPSA) is 29.5 Å². The Morgan fingerprint density at radius 3 is 2.44 bits per heavy atom. The fraction of sp³-hybridized carbons (Fsp3) is 0.500. The maximum atomic E-state index is 9.91. The Kier molecular flexibility index (Phi) is 3.87. The molecule has 0 unspecified atom stereocenters. The minimum Gasteiger partial charge on any atom is -1.00 e. The molecule has 4 heteroatoms. The Bertz CT molecular complexity index is 387. The predicted octanol–water partition coefficient (Wildman–Crippen LogP) is -1.30. The lowest BCUT2D eigenvalue weighted by Crippen LogP contribution is -3.00. The zero-order valence-corrected chi connectivity index (χ0v) is 12.2. The molecule has 0 saturated heterocycles. The number of ether oxygens (including phenoxy) is 1. The summed E-state index contributed by atoms with van der Waals surface area (Å²) < 4.78 is 6.41. The minimum atomic E-state index is -0.494. The van der Waals surface area contributed by atoms with Crippen molar-refractivity contribution < 1.29 is 33.8 Å². The van der Waals surface area contributed by atoms with E-state index in [1.807, 2.05) is 25.1 Å². The Hall–Kier alpha value is -0.330. The fourth-order valence-corrected chi connectivity index (χ4v) is 1.93. The largest absolute Gasteiger partial charge is 1.00 e. The number of nitrogens with zero attached hydrogens (tertiary/aromatic N) is 1. The summed E-state index contributed by atoms with van der Waals surface area (Å²) in [5, 5.41) is 9.91. The fourth-order valence-electron chi connectivity index (χ4n) is 1.93. The highest BCUT2D eigenvalue weighted by atomic mass is 127. The molecule has 0 spiro atoms. The molecule has 1 aliphatic rings. The maximum Gasteiger partial charge on any atom is 0.186 e. The van der Waals surface area contributed by atoms with E-state index >= 15 is 0 Å². The van der Waals surface area contributed by atoms with Crippen LogP contribution in [0.25, 0.3) is 0 Å². The van der Waals surface area contributed by atoms with Crippen LogP contribution in [0.15, 0.2) is 18.2 Å². The summed E-state index contributed by atoms with van der Waals surface area (Å²) in [4.78, 5) is 0. The second kappa shape index (κ2) is 4.50. The first-order chi connectivity index (χ1) is 6.91. The van der Waals surface area contributed by atoms with E-state index in [0.29, 0.717) is 4.48 Å². The molecule has 1 aromatic carbocycles. The number of benzene rings is 1. The van der Waals surface area contributed by atoms with Crippen molar-refractivity contribution in [2.75, 3.05) is 21.1 Å². The molecule has 1 heterocycles. The summed E-state index contributed by atoms with van der Waals surface area (Å²) in [6, 6.07) is 5.95. The number of quaternary nitrogens is 1. The molecule has 2 atom stereocenters. The molecule has 0 bridgehead atoms. The van der Waals surface area contributed by atoms with E-state index in [2.05, 4.69) is 21.1 Å². The van der Waals surface area contributed by atoms with Crippen LogP contribution in [0.1, 0.15) is 18.6 Å². The summed E-state index contributed by atoms with van der Waals surface area (Å²) in [5.74, 6) is 0.852. The third-order valence-electron chi connectivity index (χ3n) is 2.81. The van der Waals surface area contributed by atoms with E-state index in [1.54, 1.807) is 0 Å². The Labute approximate surface area is 114 Å². The molecule has 1 N–H and O–H groups in total. The highest BCUT2D eigenvalue weighted by molar-refractivity contribution is 5.61. The van der Waals surface area contributed by atoms with Crippen molar-refractivity contribution in [1.29, 1.82) is 0 Å². The van der Waals surface area contributed by atoms with Crippen molar-refractivity contribution in [1.82, 2.24) is 4.48 Å². The monoisotopic (exact) mass is 335 g/mol. The van der Waals surface area contributed by atoms with Crippen LogP contribution in [0.4, 0.5) is 5.69 Å². The molecular weight excluding hydrogens is 317 g/mol. The SMILES string of the molecule is C[C@H]1Oc2c(cccc2[N+](C)(C)C)[C@H]1O.[I-]. The van der Waals surface area contributed by atoms with Crippen LogP contribution < -0.4 is 33.2 Å². The molecular formula is C12H18INO2. The first kappa shape index (κ1) is 13.7. The average molecular weight is 335 g/mol. The van der Waals surface area contributed by atoms with Gasteiger partial charge in [0.2, 0.25) is 0 Å². The van der Waals surface area contributed by atoms with Gasteiger partial charge < -0.3 is 33.8 Å². The van der Waals surface area contributed by atoms with Crippen molar-refractivity contribution in [2.24, 2.45) is 0 Å². The second-order valence-corrected chi connectivity index (χ2v) is 4.98. The van der Waals surface area contributed by atoms with Gasteiger partial charge in [0.15, 0.2) is 11.4 Å². The lowest BCUT2D eigenvalue weighted by Gasteiger charge is -2.25. The van der Waals surface area contributed by atoms with E-state index in [-0.39, 0.29) is 30.1 Å². The number of para-hydroxylation sites is 1. The molecule has 3 nitrogen and oxygen atoms in total. The molecule has 0 saturated carbocycles. The van der Waals surface area contributed by atoms with Gasteiger partial charge in [0.25, 0.3) is 0 Å². The first-order valence-corrected chi connectivity index (χ1v) is 5.21. The maximum absolute atomic E-state index is 9.91. The molecule has 90 valence electrons. The number of aliphatic hydroxyl groups excluding tert-OH is 1. The van der Waals surface area contributed by atoms with E-state index in [9.17, 15) is 5.11 Å². The van der Waals surface area contributed by atoms with Gasteiger partial charge in [-0.3, -0.25) is 4.48 Å². The first-order valence-electron chi connectivity index (χ1n) is 5.21. The van der Waals surface area contributed by atoms with E-state index in [4.69, 9.17) is 4.74 Å². The molecule has 0 aliphatic carbocycles. The van der Waals surface area contributed by atoms with Gasteiger partial charge in [-0.2, -0.15) is 0 Å². The summed E-state index contributed by atoms with van der Waals surface area (Å²) in [5.41, 5.74) is 2.02. The van der Waals surface area contributed by atoms with Crippen molar-refractivity contribution in [2.45, 2.75) is 19.1 Å². The van der Waals surface area contributed by atoms with E-state index in [1.165, 1.54) is 0 Å². The molecule has 1 aliphatic heterocycles. The molecule has 1 aromatic rings. The molecule has 0 radical (unpaired) electrons.